The Morgan fingerprint density at radius 2 is 1.76 bits per heavy atom. The zero-order chi connectivity index (χ0) is 24.0. The van der Waals surface area contributed by atoms with Gasteiger partial charge in [0, 0.05) is 26.0 Å². The first-order chi connectivity index (χ1) is 15.5. The number of hydrogen-bond acceptors (Lipinski definition) is 6. The molecule has 0 atom stereocenters. The van der Waals surface area contributed by atoms with Crippen LogP contribution in [0.4, 0.5) is 13.2 Å². The van der Waals surface area contributed by atoms with Crippen LogP contribution in [0.3, 0.4) is 0 Å². The van der Waals surface area contributed by atoms with Gasteiger partial charge in [0.05, 0.1) is 27.2 Å². The minimum atomic E-state index is -4.66. The number of thioether (sulfide) groups is 1. The molecule has 12 heteroatoms. The summed E-state index contributed by atoms with van der Waals surface area (Å²) < 4.78 is 67.9. The SMILES string of the molecule is CCn1c(CSc2nc(C(F)(F)F)nc3ccccc23)nc2cc(S(=O)(=O)N(C)C)ccc21. The molecule has 4 aromatic rings. The Labute approximate surface area is 192 Å². The summed E-state index contributed by atoms with van der Waals surface area (Å²) in [5.41, 5.74) is 1.46. The molecule has 0 aliphatic heterocycles. The lowest BCUT2D eigenvalue weighted by Crippen LogP contribution is -2.22. The Hall–Kier alpha value is -2.70. The number of rotatable bonds is 6. The fourth-order valence-electron chi connectivity index (χ4n) is 3.41. The van der Waals surface area contributed by atoms with Gasteiger partial charge >= 0.3 is 6.18 Å². The van der Waals surface area contributed by atoms with E-state index in [2.05, 4.69) is 15.0 Å². The number of fused-ring (bicyclic) bond motifs is 2. The van der Waals surface area contributed by atoms with Gasteiger partial charge in [0.15, 0.2) is 0 Å². The minimum Gasteiger partial charge on any atom is -0.328 e. The van der Waals surface area contributed by atoms with Crippen molar-refractivity contribution < 1.29 is 21.6 Å². The molecule has 2 heterocycles. The van der Waals surface area contributed by atoms with Crippen LogP contribution in [0.25, 0.3) is 21.9 Å². The van der Waals surface area contributed by atoms with Gasteiger partial charge in [-0.15, -0.1) is 0 Å². The number of nitrogens with zero attached hydrogens (tertiary/aromatic N) is 5. The number of halogens is 3. The molecule has 7 nitrogen and oxygen atoms in total. The molecule has 0 aliphatic rings. The van der Waals surface area contributed by atoms with E-state index in [-0.39, 0.29) is 21.2 Å². The van der Waals surface area contributed by atoms with Crippen molar-refractivity contribution in [3.8, 4) is 0 Å². The van der Waals surface area contributed by atoms with E-state index in [0.717, 1.165) is 21.6 Å². The first-order valence-corrected chi connectivity index (χ1v) is 12.3. The van der Waals surface area contributed by atoms with E-state index < -0.39 is 22.0 Å². The lowest BCUT2D eigenvalue weighted by atomic mass is 10.2. The maximum Gasteiger partial charge on any atom is 0.451 e. The van der Waals surface area contributed by atoms with Crippen LogP contribution in [0.15, 0.2) is 52.4 Å². The number of para-hydroxylation sites is 1. The maximum absolute atomic E-state index is 13.3. The average molecular weight is 496 g/mol. The number of benzene rings is 2. The zero-order valence-corrected chi connectivity index (χ0v) is 19.6. The predicted octanol–water partition coefficient (Wildman–Crippen LogP) is 4.56. The van der Waals surface area contributed by atoms with Crippen LogP contribution in [0.2, 0.25) is 0 Å². The maximum atomic E-state index is 13.3. The number of imidazole rings is 1. The molecule has 0 fully saturated rings. The Bertz CT molecular complexity index is 1450. The molecular formula is C21H20F3N5O2S2. The largest absolute Gasteiger partial charge is 0.451 e. The minimum absolute atomic E-state index is 0.122. The van der Waals surface area contributed by atoms with Crippen molar-refractivity contribution in [3.63, 3.8) is 0 Å². The Kier molecular flexibility index (Phi) is 6.10. The van der Waals surface area contributed by atoms with E-state index in [1.165, 1.54) is 32.3 Å². The second-order valence-electron chi connectivity index (χ2n) is 7.37. The van der Waals surface area contributed by atoms with E-state index in [0.29, 0.717) is 23.3 Å². The molecule has 2 aromatic carbocycles. The first kappa shape index (κ1) is 23.5. The Balaban J connectivity index is 1.74. The second kappa shape index (κ2) is 8.58. The summed E-state index contributed by atoms with van der Waals surface area (Å²) in [4.78, 5) is 12.1. The number of aromatic nitrogens is 4. The molecule has 0 unspecified atom stereocenters. The van der Waals surface area contributed by atoms with Crippen LogP contribution in [0.1, 0.15) is 18.6 Å². The third kappa shape index (κ3) is 4.42. The van der Waals surface area contributed by atoms with Crippen molar-refractivity contribution in [1.29, 1.82) is 0 Å². The molecule has 0 saturated heterocycles. The Morgan fingerprint density at radius 1 is 1.03 bits per heavy atom. The molecule has 0 saturated carbocycles. The summed E-state index contributed by atoms with van der Waals surface area (Å²) in [5.74, 6) is -0.337. The van der Waals surface area contributed by atoms with Crippen LogP contribution in [0, 0.1) is 0 Å². The van der Waals surface area contributed by atoms with E-state index >= 15 is 0 Å². The molecule has 174 valence electrons. The van der Waals surface area contributed by atoms with Gasteiger partial charge in [-0.2, -0.15) is 13.2 Å². The highest BCUT2D eigenvalue weighted by atomic mass is 32.2. The van der Waals surface area contributed by atoms with Crippen LogP contribution >= 0.6 is 11.8 Å². The van der Waals surface area contributed by atoms with Crippen molar-refractivity contribution in [3.05, 3.63) is 54.1 Å². The highest BCUT2D eigenvalue weighted by molar-refractivity contribution is 7.98. The summed E-state index contributed by atoms with van der Waals surface area (Å²) in [6.07, 6.45) is -4.66. The molecule has 0 spiro atoms. The monoisotopic (exact) mass is 495 g/mol. The molecule has 33 heavy (non-hydrogen) atoms. The fourth-order valence-corrected chi connectivity index (χ4v) is 5.30. The van der Waals surface area contributed by atoms with Gasteiger partial charge in [-0.3, -0.25) is 0 Å². The van der Waals surface area contributed by atoms with Gasteiger partial charge in [0.1, 0.15) is 10.9 Å². The van der Waals surface area contributed by atoms with Crippen molar-refractivity contribution in [2.45, 2.75) is 35.3 Å². The third-order valence-corrected chi connectivity index (χ3v) is 7.85. The Morgan fingerprint density at radius 3 is 2.42 bits per heavy atom. The van der Waals surface area contributed by atoms with Crippen LogP contribution in [-0.2, 0) is 28.5 Å². The van der Waals surface area contributed by atoms with Gasteiger partial charge in [0.25, 0.3) is 0 Å². The summed E-state index contributed by atoms with van der Waals surface area (Å²) in [7, 11) is -0.718. The lowest BCUT2D eigenvalue weighted by Gasteiger charge is -2.11. The molecule has 0 amide bonds. The fraction of sp³-hybridized carbons (Fsp3) is 0.286. The van der Waals surface area contributed by atoms with Crippen molar-refractivity contribution in [2.75, 3.05) is 14.1 Å². The highest BCUT2D eigenvalue weighted by Crippen LogP contribution is 2.34. The normalized spacial score (nSPS) is 12.8. The van der Waals surface area contributed by atoms with Crippen molar-refractivity contribution >= 4 is 43.7 Å². The van der Waals surface area contributed by atoms with Gasteiger partial charge < -0.3 is 4.57 Å². The van der Waals surface area contributed by atoms with Crippen LogP contribution in [-0.4, -0.2) is 46.3 Å². The average Bonchev–Trinajstić information content (AvgIpc) is 3.13. The van der Waals surface area contributed by atoms with Crippen molar-refractivity contribution in [1.82, 2.24) is 23.8 Å². The molecule has 0 N–H and O–H groups in total. The first-order valence-electron chi connectivity index (χ1n) is 9.91. The standard InChI is InChI=1S/C21H20F3N5O2S2/c1-4-29-17-10-9-13(33(30,31)28(2)3)11-16(17)25-18(29)12-32-19-14-7-5-6-8-15(14)26-20(27-19)21(22,23)24/h5-11H,4,12H2,1-3H3. The summed E-state index contributed by atoms with van der Waals surface area (Å²) in [5, 5.41) is 0.729. The summed E-state index contributed by atoms with van der Waals surface area (Å²) >= 11 is 1.13. The zero-order valence-electron chi connectivity index (χ0n) is 18.0. The number of sulfonamides is 1. The van der Waals surface area contributed by atoms with Crippen LogP contribution in [0.5, 0.6) is 0 Å². The highest BCUT2D eigenvalue weighted by Gasteiger charge is 2.35. The number of hydrogen-bond donors (Lipinski definition) is 0. The smallest absolute Gasteiger partial charge is 0.328 e. The molecule has 2 aromatic heterocycles. The quantitative estimate of drug-likeness (QED) is 0.288. The van der Waals surface area contributed by atoms with Crippen LogP contribution < -0.4 is 0 Å². The van der Waals surface area contributed by atoms with Gasteiger partial charge in [-0.1, -0.05) is 30.0 Å². The van der Waals surface area contributed by atoms with E-state index in [9.17, 15) is 21.6 Å². The van der Waals surface area contributed by atoms with Gasteiger partial charge in [0.2, 0.25) is 15.8 Å². The topological polar surface area (TPSA) is 81.0 Å². The molecule has 0 aliphatic carbocycles. The third-order valence-electron chi connectivity index (χ3n) is 5.05. The van der Waals surface area contributed by atoms with E-state index in [1.807, 2.05) is 11.5 Å². The van der Waals surface area contributed by atoms with Gasteiger partial charge in [-0.05, 0) is 31.2 Å². The summed E-state index contributed by atoms with van der Waals surface area (Å²) in [6.45, 7) is 2.48. The number of alkyl halides is 3. The molecule has 0 bridgehead atoms. The summed E-state index contributed by atoms with van der Waals surface area (Å²) in [6, 6.07) is 11.3. The predicted molar refractivity (Wildman–Crippen MR) is 120 cm³/mol. The van der Waals surface area contributed by atoms with E-state index in [4.69, 9.17) is 0 Å². The lowest BCUT2D eigenvalue weighted by molar-refractivity contribution is -0.145. The van der Waals surface area contributed by atoms with Crippen molar-refractivity contribution in [2.24, 2.45) is 0 Å². The van der Waals surface area contributed by atoms with Gasteiger partial charge in [-0.25, -0.2) is 27.7 Å². The second-order valence-corrected chi connectivity index (χ2v) is 10.5. The molecular weight excluding hydrogens is 475 g/mol. The van der Waals surface area contributed by atoms with E-state index in [1.54, 1.807) is 24.3 Å². The number of aryl methyl sites for hydroxylation is 1. The molecule has 0 radical (unpaired) electrons. The molecule has 4 rings (SSSR count).